The van der Waals surface area contributed by atoms with E-state index in [1.165, 1.54) is 17.0 Å². The van der Waals surface area contributed by atoms with Gasteiger partial charge in [0.25, 0.3) is 0 Å². The van der Waals surface area contributed by atoms with Crippen molar-refractivity contribution in [1.82, 2.24) is 15.1 Å². The molecule has 35 heavy (non-hydrogen) atoms. The van der Waals surface area contributed by atoms with E-state index in [1.807, 2.05) is 12.1 Å². The fraction of sp³-hybridized carbons (Fsp3) is 0.192. The predicted octanol–water partition coefficient (Wildman–Crippen LogP) is 5.23. The van der Waals surface area contributed by atoms with Crippen LogP contribution in [0.15, 0.2) is 77.8 Å². The molecule has 0 bridgehead atoms. The monoisotopic (exact) mass is 510 g/mol. The second-order valence-electron chi connectivity index (χ2n) is 8.38. The molecular formula is C26H21Cl2FN4O2. The summed E-state index contributed by atoms with van der Waals surface area (Å²) in [5.74, 6) is -0.223. The van der Waals surface area contributed by atoms with E-state index < -0.39 is 17.9 Å². The fourth-order valence-electron chi connectivity index (χ4n) is 4.45. The molecule has 2 atom stereocenters. The topological polar surface area (TPSA) is 65.0 Å². The lowest BCUT2D eigenvalue weighted by Gasteiger charge is -2.35. The highest BCUT2D eigenvalue weighted by molar-refractivity contribution is 6.31. The van der Waals surface area contributed by atoms with Crippen molar-refractivity contribution < 1.29 is 14.0 Å². The van der Waals surface area contributed by atoms with Crippen molar-refractivity contribution in [3.8, 4) is 0 Å². The van der Waals surface area contributed by atoms with Gasteiger partial charge in [-0.25, -0.2) is 9.18 Å². The number of halogens is 3. The molecule has 0 spiro atoms. The van der Waals surface area contributed by atoms with Gasteiger partial charge in [-0.15, -0.1) is 0 Å². The van der Waals surface area contributed by atoms with Crippen molar-refractivity contribution in [3.05, 3.63) is 105 Å². The van der Waals surface area contributed by atoms with Crippen molar-refractivity contribution in [2.45, 2.75) is 12.1 Å². The van der Waals surface area contributed by atoms with Crippen LogP contribution in [0.2, 0.25) is 10.0 Å². The van der Waals surface area contributed by atoms with Gasteiger partial charge in [0.2, 0.25) is 5.91 Å². The van der Waals surface area contributed by atoms with Gasteiger partial charge >= 0.3 is 6.03 Å². The number of hydrogen-bond acceptors (Lipinski definition) is 3. The van der Waals surface area contributed by atoms with Gasteiger partial charge in [0.15, 0.2) is 0 Å². The molecule has 5 rings (SSSR count). The normalized spacial score (nSPS) is 20.0. The highest BCUT2D eigenvalue weighted by Crippen LogP contribution is 2.44. The average molecular weight is 511 g/mol. The molecule has 1 fully saturated rings. The largest absolute Gasteiger partial charge is 0.353 e. The zero-order valence-electron chi connectivity index (χ0n) is 18.5. The molecule has 1 N–H and O–H groups in total. The lowest BCUT2D eigenvalue weighted by atomic mass is 9.93. The molecule has 2 unspecified atom stereocenters. The van der Waals surface area contributed by atoms with Crippen LogP contribution in [-0.4, -0.2) is 47.2 Å². The number of rotatable bonds is 3. The summed E-state index contributed by atoms with van der Waals surface area (Å²) in [7, 11) is 0. The van der Waals surface area contributed by atoms with Crippen LogP contribution in [0.5, 0.6) is 0 Å². The Hall–Kier alpha value is -3.42. The van der Waals surface area contributed by atoms with E-state index in [0.29, 0.717) is 40.1 Å². The number of piperazine rings is 1. The van der Waals surface area contributed by atoms with Gasteiger partial charge in [0, 0.05) is 28.7 Å². The molecule has 2 aliphatic heterocycles. The molecule has 178 valence electrons. The summed E-state index contributed by atoms with van der Waals surface area (Å²) in [4.78, 5) is 34.0. The van der Waals surface area contributed by atoms with E-state index in [9.17, 15) is 14.0 Å². The SMILES string of the molecule is O=C1CN(C(=O)N2C(c3ccc(Cl)cc3)=NC(c3ccc(Cl)cc3)C2c2cccc(F)c2)CCN1. The smallest absolute Gasteiger partial charge is 0.326 e. The van der Waals surface area contributed by atoms with Crippen LogP contribution < -0.4 is 5.32 Å². The first-order chi connectivity index (χ1) is 16.9. The van der Waals surface area contributed by atoms with Crippen molar-refractivity contribution in [2.24, 2.45) is 4.99 Å². The van der Waals surface area contributed by atoms with Crippen LogP contribution in [0, 0.1) is 5.82 Å². The maximum atomic E-state index is 14.4. The predicted molar refractivity (Wildman–Crippen MR) is 133 cm³/mol. The van der Waals surface area contributed by atoms with Gasteiger partial charge in [-0.3, -0.25) is 14.7 Å². The molecule has 2 heterocycles. The fourth-order valence-corrected chi connectivity index (χ4v) is 4.70. The van der Waals surface area contributed by atoms with E-state index >= 15 is 0 Å². The Balaban J connectivity index is 1.66. The molecule has 1 saturated heterocycles. The lowest BCUT2D eigenvalue weighted by molar-refractivity contribution is -0.123. The highest BCUT2D eigenvalue weighted by atomic mass is 35.5. The number of carbonyl (C=O) groups excluding carboxylic acids is 2. The Kier molecular flexibility index (Phi) is 6.45. The third-order valence-electron chi connectivity index (χ3n) is 6.09. The first-order valence-electron chi connectivity index (χ1n) is 11.1. The molecule has 0 saturated carbocycles. The Bertz CT molecular complexity index is 1300. The molecule has 6 nitrogen and oxygen atoms in total. The molecule has 3 amide bonds. The maximum Gasteiger partial charge on any atom is 0.326 e. The Morgan fingerprint density at radius 2 is 1.66 bits per heavy atom. The summed E-state index contributed by atoms with van der Waals surface area (Å²) >= 11 is 12.2. The number of aliphatic imine (C=N–C) groups is 1. The minimum Gasteiger partial charge on any atom is -0.353 e. The highest BCUT2D eigenvalue weighted by Gasteiger charge is 2.44. The van der Waals surface area contributed by atoms with Crippen LogP contribution in [-0.2, 0) is 4.79 Å². The van der Waals surface area contributed by atoms with Crippen molar-refractivity contribution in [3.63, 3.8) is 0 Å². The number of hydrogen-bond donors (Lipinski definition) is 1. The molecule has 3 aromatic carbocycles. The van der Waals surface area contributed by atoms with Crippen LogP contribution >= 0.6 is 23.2 Å². The summed E-state index contributed by atoms with van der Waals surface area (Å²) in [6.45, 7) is 0.651. The summed E-state index contributed by atoms with van der Waals surface area (Å²) < 4.78 is 14.4. The van der Waals surface area contributed by atoms with Gasteiger partial charge in [-0.2, -0.15) is 0 Å². The number of benzene rings is 3. The number of nitrogens with one attached hydrogen (secondary N) is 1. The first kappa shape index (κ1) is 23.3. The summed E-state index contributed by atoms with van der Waals surface area (Å²) in [6, 6.07) is 18.9. The zero-order valence-corrected chi connectivity index (χ0v) is 20.0. The molecule has 0 aromatic heterocycles. The molecule has 9 heteroatoms. The number of carbonyl (C=O) groups is 2. The summed E-state index contributed by atoms with van der Waals surface area (Å²) in [6.07, 6.45) is 0. The average Bonchev–Trinajstić information content (AvgIpc) is 3.25. The third kappa shape index (κ3) is 4.74. The second-order valence-corrected chi connectivity index (χ2v) is 9.25. The van der Waals surface area contributed by atoms with Gasteiger partial charge < -0.3 is 10.2 Å². The third-order valence-corrected chi connectivity index (χ3v) is 6.59. The molecule has 2 aliphatic rings. The van der Waals surface area contributed by atoms with E-state index in [2.05, 4.69) is 5.32 Å². The maximum absolute atomic E-state index is 14.4. The van der Waals surface area contributed by atoms with Crippen LogP contribution in [0.3, 0.4) is 0 Å². The molecule has 0 aliphatic carbocycles. The number of nitrogens with zero attached hydrogens (tertiary/aromatic N) is 3. The van der Waals surface area contributed by atoms with E-state index in [-0.39, 0.29) is 18.5 Å². The minimum atomic E-state index is -0.643. The number of amidine groups is 1. The van der Waals surface area contributed by atoms with Gasteiger partial charge in [-0.05, 0) is 59.7 Å². The number of urea groups is 1. The minimum absolute atomic E-state index is 0.0648. The Morgan fingerprint density at radius 3 is 2.31 bits per heavy atom. The van der Waals surface area contributed by atoms with Gasteiger partial charge in [0.05, 0.1) is 6.04 Å². The molecular weight excluding hydrogens is 490 g/mol. The van der Waals surface area contributed by atoms with Gasteiger partial charge in [-0.1, -0.05) is 47.5 Å². The van der Waals surface area contributed by atoms with Crippen molar-refractivity contribution in [2.75, 3.05) is 19.6 Å². The summed E-state index contributed by atoms with van der Waals surface area (Å²) in [5, 5.41) is 3.86. The van der Waals surface area contributed by atoms with Crippen LogP contribution in [0.25, 0.3) is 0 Å². The second kappa shape index (κ2) is 9.68. The Labute approximate surface area is 212 Å². The molecule has 0 radical (unpaired) electrons. The standard InChI is InChI=1S/C26H21Cl2FN4O2/c27-19-8-4-16(5-9-19)23-24(18-2-1-3-21(29)14-18)33(26(35)32-13-12-30-22(34)15-32)25(31-23)17-6-10-20(28)11-7-17/h1-11,14,23-24H,12-13,15H2,(H,30,34). The zero-order chi connectivity index (χ0) is 24.5. The van der Waals surface area contributed by atoms with Crippen LogP contribution in [0.1, 0.15) is 28.8 Å². The van der Waals surface area contributed by atoms with Gasteiger partial charge in [0.1, 0.15) is 24.2 Å². The molecule has 3 aromatic rings. The van der Waals surface area contributed by atoms with E-state index in [4.69, 9.17) is 28.2 Å². The van der Waals surface area contributed by atoms with E-state index in [1.54, 1.807) is 53.4 Å². The quantitative estimate of drug-likeness (QED) is 0.524. The number of amides is 3. The lowest BCUT2D eigenvalue weighted by Crippen LogP contribution is -2.55. The van der Waals surface area contributed by atoms with Crippen molar-refractivity contribution in [1.29, 1.82) is 0 Å². The summed E-state index contributed by atoms with van der Waals surface area (Å²) in [5.41, 5.74) is 2.09. The van der Waals surface area contributed by atoms with Crippen LogP contribution in [0.4, 0.5) is 9.18 Å². The van der Waals surface area contributed by atoms with Crippen molar-refractivity contribution >= 4 is 41.0 Å². The Morgan fingerprint density at radius 1 is 0.971 bits per heavy atom. The van der Waals surface area contributed by atoms with E-state index in [0.717, 1.165) is 5.56 Å². The first-order valence-corrected chi connectivity index (χ1v) is 11.9.